The number of amides is 1. The molecular weight excluding hydrogens is 368 g/mol. The molecule has 0 bridgehead atoms. The van der Waals surface area contributed by atoms with Crippen LogP contribution in [0.3, 0.4) is 0 Å². The number of carboxylic acid groups (broad SMARTS) is 1. The lowest BCUT2D eigenvalue weighted by atomic mass is 9.86. The number of carbonyl (C=O) groups is 2. The summed E-state index contributed by atoms with van der Waals surface area (Å²) >= 11 is 6.04. The zero-order chi connectivity index (χ0) is 19.8. The summed E-state index contributed by atoms with van der Waals surface area (Å²) in [5, 5.41) is 7.64. The first-order valence-corrected chi connectivity index (χ1v) is 9.17. The van der Waals surface area contributed by atoms with Gasteiger partial charge in [-0.3, -0.25) is 9.59 Å². The molecule has 1 aromatic heterocycles. The molecule has 3 rings (SSSR count). The van der Waals surface area contributed by atoms with E-state index in [0.717, 1.165) is 37.4 Å². The van der Waals surface area contributed by atoms with Crippen LogP contribution in [-0.4, -0.2) is 51.1 Å². The molecule has 3 N–H and O–H groups in total. The number of halogens is 1. The Hall–Kier alpha value is -2.38. The molecule has 1 atom stereocenters. The fourth-order valence-electron chi connectivity index (χ4n) is 3.36. The van der Waals surface area contributed by atoms with Gasteiger partial charge in [0.05, 0.1) is 12.5 Å². The van der Waals surface area contributed by atoms with Crippen LogP contribution in [0.4, 0.5) is 0 Å². The summed E-state index contributed by atoms with van der Waals surface area (Å²) in [4.78, 5) is 26.8. The summed E-state index contributed by atoms with van der Waals surface area (Å²) in [5.41, 5.74) is 8.22. The monoisotopic (exact) mass is 392 g/mol. The van der Waals surface area contributed by atoms with E-state index in [1.54, 1.807) is 17.1 Å². The Morgan fingerprint density at radius 2 is 2.11 bits per heavy atom. The molecular formula is C19H25ClN4O3. The largest absolute Gasteiger partial charge is 0.483 e. The van der Waals surface area contributed by atoms with Crippen molar-refractivity contribution in [1.29, 1.82) is 0 Å². The van der Waals surface area contributed by atoms with E-state index in [1.165, 1.54) is 5.56 Å². The maximum absolute atomic E-state index is 12.5. The van der Waals surface area contributed by atoms with Crippen LogP contribution in [0.5, 0.6) is 0 Å². The van der Waals surface area contributed by atoms with E-state index in [9.17, 15) is 4.79 Å². The van der Waals surface area contributed by atoms with Crippen LogP contribution in [-0.2, 0) is 18.3 Å². The average molecular weight is 393 g/mol. The maximum atomic E-state index is 12.5. The highest BCUT2D eigenvalue weighted by Crippen LogP contribution is 2.23. The molecule has 0 spiro atoms. The molecule has 1 fully saturated rings. The highest BCUT2D eigenvalue weighted by Gasteiger charge is 2.28. The Balaban J connectivity index is 0.000000817. The van der Waals surface area contributed by atoms with E-state index >= 15 is 0 Å². The lowest BCUT2D eigenvalue weighted by Crippen LogP contribution is -2.44. The van der Waals surface area contributed by atoms with E-state index in [1.807, 2.05) is 30.1 Å². The predicted molar refractivity (Wildman–Crippen MR) is 104 cm³/mol. The molecule has 8 heteroatoms. The number of carbonyl (C=O) groups excluding carboxylic acids is 1. The van der Waals surface area contributed by atoms with E-state index in [2.05, 4.69) is 11.1 Å². The molecule has 2 aromatic rings. The van der Waals surface area contributed by atoms with Crippen molar-refractivity contribution >= 4 is 24.0 Å². The van der Waals surface area contributed by atoms with Crippen molar-refractivity contribution < 1.29 is 14.7 Å². The molecule has 1 aromatic carbocycles. The first kappa shape index (κ1) is 20.9. The summed E-state index contributed by atoms with van der Waals surface area (Å²) in [6.07, 6.45) is 5.97. The topological polar surface area (TPSA) is 101 Å². The molecule has 1 saturated heterocycles. The third-order valence-corrected chi connectivity index (χ3v) is 5.06. The Kier molecular flexibility index (Phi) is 7.82. The Morgan fingerprint density at radius 1 is 1.44 bits per heavy atom. The minimum absolute atomic E-state index is 0.0527. The molecule has 1 aliphatic heterocycles. The maximum Gasteiger partial charge on any atom is 0.290 e. The number of rotatable bonds is 4. The summed E-state index contributed by atoms with van der Waals surface area (Å²) < 4.78 is 1.76. The molecule has 0 aliphatic carbocycles. The molecule has 1 amide bonds. The van der Waals surface area contributed by atoms with Crippen molar-refractivity contribution in [2.24, 2.45) is 18.7 Å². The second kappa shape index (κ2) is 10.1. The van der Waals surface area contributed by atoms with Gasteiger partial charge in [-0.2, -0.15) is 0 Å². The Morgan fingerprint density at radius 3 is 2.67 bits per heavy atom. The lowest BCUT2D eigenvalue weighted by molar-refractivity contribution is -0.122. The number of benzene rings is 1. The minimum atomic E-state index is -0.250. The number of nitrogens with two attached hydrogens (primary N) is 1. The quantitative estimate of drug-likeness (QED) is 0.776. The van der Waals surface area contributed by atoms with Gasteiger partial charge in [-0.25, -0.2) is 4.98 Å². The molecule has 146 valence electrons. The average Bonchev–Trinajstić information content (AvgIpc) is 3.08. The van der Waals surface area contributed by atoms with Crippen molar-refractivity contribution in [3.05, 3.63) is 53.1 Å². The second-order valence-electron chi connectivity index (χ2n) is 6.62. The first-order chi connectivity index (χ1) is 13.0. The normalized spacial score (nSPS) is 15.6. The third-order valence-electron chi connectivity index (χ3n) is 4.83. The SMILES string of the molecule is Cn1cncc1C(=O)N1CCC(C(N)Cc2cccc(Cl)c2)CC1.O=CO. The van der Waals surface area contributed by atoms with Crippen molar-refractivity contribution in [1.82, 2.24) is 14.5 Å². The van der Waals surface area contributed by atoms with Gasteiger partial charge in [-0.1, -0.05) is 23.7 Å². The lowest BCUT2D eigenvalue weighted by Gasteiger charge is -2.34. The fourth-order valence-corrected chi connectivity index (χ4v) is 3.57. The van der Waals surface area contributed by atoms with Crippen LogP contribution >= 0.6 is 11.6 Å². The minimum Gasteiger partial charge on any atom is -0.483 e. The van der Waals surface area contributed by atoms with E-state index in [4.69, 9.17) is 27.2 Å². The third kappa shape index (κ3) is 5.80. The fraction of sp³-hybridized carbons (Fsp3) is 0.421. The van der Waals surface area contributed by atoms with Crippen molar-refractivity contribution in [3.8, 4) is 0 Å². The number of nitrogens with zero attached hydrogens (tertiary/aromatic N) is 3. The number of hydrogen-bond acceptors (Lipinski definition) is 4. The van der Waals surface area contributed by atoms with Gasteiger partial charge in [0.25, 0.3) is 12.4 Å². The van der Waals surface area contributed by atoms with Crippen LogP contribution in [0.2, 0.25) is 5.02 Å². The van der Waals surface area contributed by atoms with Gasteiger partial charge in [0.15, 0.2) is 0 Å². The van der Waals surface area contributed by atoms with Gasteiger partial charge in [0.1, 0.15) is 5.69 Å². The summed E-state index contributed by atoms with van der Waals surface area (Å²) in [6, 6.07) is 7.96. The van der Waals surface area contributed by atoms with E-state index in [0.29, 0.717) is 11.6 Å². The molecule has 2 heterocycles. The van der Waals surface area contributed by atoms with Crippen LogP contribution in [0.25, 0.3) is 0 Å². The molecule has 0 saturated carbocycles. The summed E-state index contributed by atoms with van der Waals surface area (Å²) in [6.45, 7) is 1.25. The molecule has 1 aliphatic rings. The standard InChI is InChI=1S/C18H23ClN4O.CH2O2/c1-22-12-21-11-17(22)18(24)23-7-5-14(6-8-23)16(20)10-13-3-2-4-15(19)9-13;2-1-3/h2-4,9,11-12,14,16H,5-8,10,20H2,1H3;1H,(H,2,3). The van der Waals surface area contributed by atoms with Gasteiger partial charge in [-0.15, -0.1) is 0 Å². The van der Waals surface area contributed by atoms with Gasteiger partial charge >= 0.3 is 0 Å². The van der Waals surface area contributed by atoms with Gasteiger partial charge in [0, 0.05) is 31.2 Å². The van der Waals surface area contributed by atoms with Crippen molar-refractivity contribution in [3.63, 3.8) is 0 Å². The number of piperidine rings is 1. The molecule has 7 nitrogen and oxygen atoms in total. The number of hydrogen-bond donors (Lipinski definition) is 2. The van der Waals surface area contributed by atoms with Gasteiger partial charge < -0.3 is 20.3 Å². The first-order valence-electron chi connectivity index (χ1n) is 8.79. The van der Waals surface area contributed by atoms with Crippen LogP contribution < -0.4 is 5.73 Å². The van der Waals surface area contributed by atoms with Gasteiger partial charge in [0.2, 0.25) is 0 Å². The van der Waals surface area contributed by atoms with Crippen LogP contribution in [0, 0.1) is 5.92 Å². The predicted octanol–water partition coefficient (Wildman–Crippen LogP) is 2.20. The zero-order valence-electron chi connectivity index (χ0n) is 15.3. The molecule has 0 radical (unpaired) electrons. The summed E-state index contributed by atoms with van der Waals surface area (Å²) in [5.74, 6) is 0.483. The number of imidazole rings is 1. The molecule has 1 unspecified atom stereocenters. The van der Waals surface area contributed by atoms with Crippen LogP contribution in [0.1, 0.15) is 28.9 Å². The van der Waals surface area contributed by atoms with Crippen molar-refractivity contribution in [2.45, 2.75) is 25.3 Å². The Bertz CT molecular complexity index is 757. The Labute approximate surface area is 163 Å². The number of aromatic nitrogens is 2. The van der Waals surface area contributed by atoms with Crippen molar-refractivity contribution in [2.75, 3.05) is 13.1 Å². The molecule has 27 heavy (non-hydrogen) atoms. The smallest absolute Gasteiger partial charge is 0.290 e. The number of aryl methyl sites for hydroxylation is 1. The summed E-state index contributed by atoms with van der Waals surface area (Å²) in [7, 11) is 1.84. The highest BCUT2D eigenvalue weighted by molar-refractivity contribution is 6.30. The number of likely N-dealkylation sites (tertiary alicyclic amines) is 1. The highest BCUT2D eigenvalue weighted by atomic mass is 35.5. The van der Waals surface area contributed by atoms with E-state index < -0.39 is 0 Å². The van der Waals surface area contributed by atoms with Gasteiger partial charge in [-0.05, 0) is 42.9 Å². The second-order valence-corrected chi connectivity index (χ2v) is 7.06. The van der Waals surface area contributed by atoms with Crippen LogP contribution in [0.15, 0.2) is 36.8 Å². The zero-order valence-corrected chi connectivity index (χ0v) is 16.0. The van der Waals surface area contributed by atoms with E-state index in [-0.39, 0.29) is 18.4 Å².